The molecule has 3 aromatic rings. The SMILES string of the molecule is COc1nc(C2CCC2)cc(F)c1Oc1nnc(C(F)(F)F)c(C)c1C(=O)Nc1cccc(S(C)(=N)=O)c1. The van der Waals surface area contributed by atoms with Gasteiger partial charge in [0.05, 0.1) is 22.5 Å². The Balaban J connectivity index is 1.77. The molecule has 202 valence electrons. The number of hydrogen-bond acceptors (Lipinski definition) is 8. The number of benzene rings is 1. The summed E-state index contributed by atoms with van der Waals surface area (Å²) in [4.78, 5) is 17.6. The predicted molar refractivity (Wildman–Crippen MR) is 129 cm³/mol. The molecule has 0 saturated heterocycles. The number of anilines is 1. The van der Waals surface area contributed by atoms with Crippen molar-refractivity contribution in [3.8, 4) is 17.5 Å². The Morgan fingerprint density at radius 1 is 1.18 bits per heavy atom. The summed E-state index contributed by atoms with van der Waals surface area (Å²) < 4.78 is 86.3. The second kappa shape index (κ2) is 10.2. The average molecular weight is 554 g/mol. The molecular formula is C24H23F4N5O4S. The summed E-state index contributed by atoms with van der Waals surface area (Å²) in [6.07, 6.45) is -1.12. The number of hydrogen-bond donors (Lipinski definition) is 2. The highest BCUT2D eigenvalue weighted by Crippen LogP contribution is 2.41. The smallest absolute Gasteiger partial charge is 0.435 e. The van der Waals surface area contributed by atoms with E-state index in [0.29, 0.717) is 5.69 Å². The number of carbonyl (C=O) groups excluding carboxylic acids is 1. The minimum Gasteiger partial charge on any atom is -0.478 e. The molecule has 0 spiro atoms. The van der Waals surface area contributed by atoms with Gasteiger partial charge in [-0.05, 0) is 49.6 Å². The first kappa shape index (κ1) is 27.2. The van der Waals surface area contributed by atoms with Crippen molar-refractivity contribution in [2.75, 3.05) is 18.7 Å². The molecule has 1 atom stereocenters. The highest BCUT2D eigenvalue weighted by Gasteiger charge is 2.38. The highest BCUT2D eigenvalue weighted by atomic mass is 32.2. The molecule has 9 nitrogen and oxygen atoms in total. The number of nitrogens with one attached hydrogen (secondary N) is 2. The van der Waals surface area contributed by atoms with Crippen LogP contribution in [0, 0.1) is 17.5 Å². The van der Waals surface area contributed by atoms with E-state index in [9.17, 15) is 22.2 Å². The highest BCUT2D eigenvalue weighted by molar-refractivity contribution is 7.91. The summed E-state index contributed by atoms with van der Waals surface area (Å²) in [5.41, 5.74) is -2.20. The van der Waals surface area contributed by atoms with E-state index in [4.69, 9.17) is 14.3 Å². The third kappa shape index (κ3) is 5.54. The molecule has 1 aliphatic rings. The number of ether oxygens (including phenoxy) is 2. The molecule has 1 aromatic carbocycles. The van der Waals surface area contributed by atoms with E-state index in [0.717, 1.165) is 32.3 Å². The Bertz CT molecular complexity index is 1510. The lowest BCUT2D eigenvalue weighted by Gasteiger charge is -2.25. The first-order valence-corrected chi connectivity index (χ1v) is 13.3. The van der Waals surface area contributed by atoms with E-state index in [2.05, 4.69) is 20.5 Å². The van der Waals surface area contributed by atoms with Crippen molar-refractivity contribution >= 4 is 21.3 Å². The van der Waals surface area contributed by atoms with Crippen molar-refractivity contribution < 1.29 is 36.0 Å². The van der Waals surface area contributed by atoms with Crippen molar-refractivity contribution in [3.63, 3.8) is 0 Å². The molecule has 4 rings (SSSR count). The van der Waals surface area contributed by atoms with Gasteiger partial charge >= 0.3 is 6.18 Å². The van der Waals surface area contributed by atoms with Crippen molar-refractivity contribution in [1.82, 2.24) is 15.2 Å². The van der Waals surface area contributed by atoms with Gasteiger partial charge in [0.25, 0.3) is 17.7 Å². The van der Waals surface area contributed by atoms with Gasteiger partial charge in [-0.1, -0.05) is 12.5 Å². The van der Waals surface area contributed by atoms with Gasteiger partial charge < -0.3 is 14.8 Å². The van der Waals surface area contributed by atoms with Crippen molar-refractivity contribution in [3.05, 3.63) is 58.7 Å². The Morgan fingerprint density at radius 3 is 2.47 bits per heavy atom. The van der Waals surface area contributed by atoms with Gasteiger partial charge in [0, 0.05) is 22.8 Å². The zero-order valence-corrected chi connectivity index (χ0v) is 21.3. The van der Waals surface area contributed by atoms with Crippen LogP contribution in [0.1, 0.15) is 52.5 Å². The summed E-state index contributed by atoms with van der Waals surface area (Å²) in [6.45, 7) is 1.00. The summed E-state index contributed by atoms with van der Waals surface area (Å²) >= 11 is 0. The number of amides is 1. The fourth-order valence-electron chi connectivity index (χ4n) is 3.86. The normalized spacial score (nSPS) is 15.3. The standard InChI is InChI=1S/C24H23F4N5O4S/c1-12-18(21(34)30-14-8-5-9-15(10-14)38(3,29)35)22(33-32-20(12)24(26,27)28)37-19-16(25)11-17(13-6-4-7-13)31-23(19)36-2/h5,8-11,13,29H,4,6-7H2,1-3H3,(H,30,34). The molecule has 0 bridgehead atoms. The van der Waals surface area contributed by atoms with Crippen LogP contribution in [0.4, 0.5) is 23.2 Å². The van der Waals surface area contributed by atoms with Crippen molar-refractivity contribution in [2.45, 2.75) is 43.2 Å². The molecule has 1 unspecified atom stereocenters. The van der Waals surface area contributed by atoms with Gasteiger partial charge in [0.2, 0.25) is 5.75 Å². The number of methoxy groups -OCH3 is 1. The molecule has 1 amide bonds. The summed E-state index contributed by atoms with van der Waals surface area (Å²) in [5, 5.41) is 9.01. The van der Waals surface area contributed by atoms with E-state index >= 15 is 4.39 Å². The Labute approximate surface area is 215 Å². The van der Waals surface area contributed by atoms with Crippen molar-refractivity contribution in [1.29, 1.82) is 4.78 Å². The van der Waals surface area contributed by atoms with E-state index in [-0.39, 0.29) is 22.4 Å². The molecule has 14 heteroatoms. The third-order valence-electron chi connectivity index (χ3n) is 6.05. The Hall–Kier alpha value is -3.81. The summed E-state index contributed by atoms with van der Waals surface area (Å²) in [7, 11) is -1.91. The van der Waals surface area contributed by atoms with Gasteiger partial charge in [0.15, 0.2) is 11.5 Å². The maximum atomic E-state index is 15.1. The maximum Gasteiger partial charge on any atom is 0.435 e. The molecular weight excluding hydrogens is 530 g/mol. The van der Waals surface area contributed by atoms with Gasteiger partial charge in [-0.3, -0.25) is 4.79 Å². The Morgan fingerprint density at radius 2 is 1.89 bits per heavy atom. The minimum atomic E-state index is -4.95. The lowest BCUT2D eigenvalue weighted by molar-refractivity contribution is -0.142. The second-order valence-corrected chi connectivity index (χ2v) is 10.9. The van der Waals surface area contributed by atoms with Gasteiger partial charge in [0.1, 0.15) is 5.56 Å². The lowest BCUT2D eigenvalue weighted by atomic mass is 9.82. The van der Waals surface area contributed by atoms with Crippen LogP contribution in [0.5, 0.6) is 17.5 Å². The topological polar surface area (TPSA) is 127 Å². The van der Waals surface area contributed by atoms with Gasteiger partial charge in [-0.2, -0.15) is 13.2 Å². The van der Waals surface area contributed by atoms with Crippen LogP contribution in [-0.4, -0.2) is 38.7 Å². The maximum absolute atomic E-state index is 15.1. The molecule has 1 aliphatic carbocycles. The van der Waals surface area contributed by atoms with Crippen LogP contribution in [0.25, 0.3) is 0 Å². The first-order chi connectivity index (χ1) is 17.8. The van der Waals surface area contributed by atoms with Crippen LogP contribution in [0.3, 0.4) is 0 Å². The summed E-state index contributed by atoms with van der Waals surface area (Å²) in [6, 6.07) is 6.65. The van der Waals surface area contributed by atoms with E-state index in [1.807, 2.05) is 0 Å². The van der Waals surface area contributed by atoms with Crippen LogP contribution in [0.15, 0.2) is 35.2 Å². The number of alkyl halides is 3. The van der Waals surface area contributed by atoms with E-state index in [1.165, 1.54) is 37.6 Å². The van der Waals surface area contributed by atoms with Crippen molar-refractivity contribution in [2.24, 2.45) is 0 Å². The fraction of sp³-hybridized carbons (Fsp3) is 0.333. The molecule has 2 N–H and O–H groups in total. The molecule has 0 aliphatic heterocycles. The molecule has 2 aromatic heterocycles. The Kier molecular flexibility index (Phi) is 7.28. The van der Waals surface area contributed by atoms with E-state index in [1.54, 1.807) is 0 Å². The zero-order valence-electron chi connectivity index (χ0n) is 20.5. The first-order valence-electron chi connectivity index (χ1n) is 11.3. The average Bonchev–Trinajstić information content (AvgIpc) is 2.78. The molecule has 2 heterocycles. The molecule has 1 fully saturated rings. The van der Waals surface area contributed by atoms with Gasteiger partial charge in [-0.25, -0.2) is 18.4 Å². The molecule has 0 radical (unpaired) electrons. The van der Waals surface area contributed by atoms with E-state index < -0.39 is 56.1 Å². The monoisotopic (exact) mass is 553 g/mol. The predicted octanol–water partition coefficient (Wildman–Crippen LogP) is 5.69. The second-order valence-electron chi connectivity index (χ2n) is 8.77. The number of aromatic nitrogens is 3. The summed E-state index contributed by atoms with van der Waals surface area (Å²) in [5.74, 6) is -3.47. The largest absolute Gasteiger partial charge is 0.478 e. The fourth-order valence-corrected chi connectivity index (χ4v) is 4.55. The van der Waals surface area contributed by atoms with Crippen LogP contribution < -0.4 is 14.8 Å². The number of rotatable bonds is 7. The van der Waals surface area contributed by atoms with Gasteiger partial charge in [-0.15, -0.1) is 10.2 Å². The van der Waals surface area contributed by atoms with Crippen LogP contribution in [0.2, 0.25) is 0 Å². The number of nitrogens with zero attached hydrogens (tertiary/aromatic N) is 3. The lowest BCUT2D eigenvalue weighted by Crippen LogP contribution is -2.21. The van der Waals surface area contributed by atoms with Crippen LogP contribution in [-0.2, 0) is 15.9 Å². The molecule has 38 heavy (non-hydrogen) atoms. The quantitative estimate of drug-likeness (QED) is 0.360. The third-order valence-corrected chi connectivity index (χ3v) is 7.21. The number of halogens is 4. The zero-order chi connectivity index (χ0) is 27.8. The molecule has 1 saturated carbocycles. The number of carbonyl (C=O) groups is 1. The number of pyridine rings is 1. The van der Waals surface area contributed by atoms with Crippen LogP contribution >= 0.6 is 0 Å². The minimum absolute atomic E-state index is 0.0548.